The SMILES string of the molecule is O=S(=O)(c1ccc2c(c1)CN(c1ccccc1)CO2)c1ccc2c(c1)CN(c1ccccc1)CO2.c1ccc(N2COc3ccc(Sc4ccc5c(c4)CN(c4ccccc4)CO5)cc3C2)cc1. The lowest BCUT2D eigenvalue weighted by atomic mass is 10.1. The number of para-hydroxylation sites is 4. The zero-order valence-electron chi connectivity index (χ0n) is 37.2. The van der Waals surface area contributed by atoms with Gasteiger partial charge in [-0.1, -0.05) is 84.6 Å². The fourth-order valence-electron chi connectivity index (χ4n) is 8.83. The highest BCUT2D eigenvalue weighted by Gasteiger charge is 2.27. The lowest BCUT2D eigenvalue weighted by Gasteiger charge is -2.31. The van der Waals surface area contributed by atoms with Gasteiger partial charge in [-0.05, 0) is 121 Å². The Balaban J connectivity index is 0.000000149. The topological polar surface area (TPSA) is 84.0 Å². The Labute approximate surface area is 401 Å². The molecule has 0 unspecified atom stereocenters. The Morgan fingerprint density at radius 3 is 0.926 bits per heavy atom. The van der Waals surface area contributed by atoms with Gasteiger partial charge >= 0.3 is 0 Å². The Morgan fingerprint density at radius 1 is 0.338 bits per heavy atom. The van der Waals surface area contributed by atoms with Crippen molar-refractivity contribution in [2.75, 3.05) is 46.5 Å². The van der Waals surface area contributed by atoms with E-state index in [-0.39, 0.29) is 9.79 Å². The molecule has 10 nitrogen and oxygen atoms in total. The van der Waals surface area contributed by atoms with E-state index in [2.05, 4.69) is 105 Å². The molecule has 12 heteroatoms. The van der Waals surface area contributed by atoms with Gasteiger partial charge in [0.05, 0.1) is 9.79 Å². The van der Waals surface area contributed by atoms with Gasteiger partial charge in [-0.2, -0.15) is 0 Å². The van der Waals surface area contributed by atoms with Crippen molar-refractivity contribution in [3.63, 3.8) is 0 Å². The number of benzene rings is 8. The molecular formula is C56H48N4O6S2. The van der Waals surface area contributed by atoms with Crippen molar-refractivity contribution in [2.45, 2.75) is 45.8 Å². The second-order valence-electron chi connectivity index (χ2n) is 16.9. The summed E-state index contributed by atoms with van der Waals surface area (Å²) in [5.74, 6) is 3.38. The highest BCUT2D eigenvalue weighted by molar-refractivity contribution is 7.99. The third-order valence-electron chi connectivity index (χ3n) is 12.4. The van der Waals surface area contributed by atoms with Crippen LogP contribution < -0.4 is 38.5 Å². The van der Waals surface area contributed by atoms with Gasteiger partial charge in [0.2, 0.25) is 9.84 Å². The first kappa shape index (κ1) is 43.1. The Kier molecular flexibility index (Phi) is 12.0. The average Bonchev–Trinajstić information content (AvgIpc) is 3.41. The number of hydrogen-bond donors (Lipinski definition) is 0. The van der Waals surface area contributed by atoms with Crippen LogP contribution in [0.1, 0.15) is 22.3 Å². The van der Waals surface area contributed by atoms with Crippen LogP contribution in [0.3, 0.4) is 0 Å². The first-order valence-corrected chi connectivity index (χ1v) is 24.9. The number of fused-ring (bicyclic) bond motifs is 4. The van der Waals surface area contributed by atoms with Crippen molar-refractivity contribution < 1.29 is 27.4 Å². The summed E-state index contributed by atoms with van der Waals surface area (Å²) in [5, 5.41) is 0. The molecule has 0 fully saturated rings. The van der Waals surface area contributed by atoms with Crippen LogP contribution in [0.2, 0.25) is 0 Å². The highest BCUT2D eigenvalue weighted by atomic mass is 32.2. The van der Waals surface area contributed by atoms with Crippen LogP contribution in [0.25, 0.3) is 0 Å². The molecule has 0 spiro atoms. The summed E-state index contributed by atoms with van der Waals surface area (Å²) in [4.78, 5) is 11.6. The van der Waals surface area contributed by atoms with Crippen LogP contribution in [0.5, 0.6) is 23.0 Å². The summed E-state index contributed by atoms with van der Waals surface area (Å²) >= 11 is 1.78. The molecule has 68 heavy (non-hydrogen) atoms. The number of hydrogen-bond acceptors (Lipinski definition) is 11. The fraction of sp³-hybridized carbons (Fsp3) is 0.143. The monoisotopic (exact) mass is 936 g/mol. The zero-order chi connectivity index (χ0) is 45.9. The predicted octanol–water partition coefficient (Wildman–Crippen LogP) is 11.8. The third-order valence-corrected chi connectivity index (χ3v) is 15.1. The fourth-order valence-corrected chi connectivity index (χ4v) is 11.1. The molecule has 0 aliphatic carbocycles. The van der Waals surface area contributed by atoms with Crippen molar-refractivity contribution in [3.05, 3.63) is 216 Å². The maximum Gasteiger partial charge on any atom is 0.206 e. The van der Waals surface area contributed by atoms with E-state index in [0.29, 0.717) is 51.5 Å². The minimum atomic E-state index is -3.72. The standard InChI is InChI=1S/C28H24N2O4S.C28H24N2O2S/c31-35(32,25-11-13-27-21(15-25)17-29(19-33-27)23-7-3-1-4-8-23)26-12-14-28-22(16-26)18-30(20-34-28)24-9-5-2-6-10-24;1-3-7-23(8-4-1)29-17-21-15-25(11-13-27(21)31-19-29)33-26-12-14-28-22(16-26)18-30(20-32-28)24-9-5-2-6-10-24/h1-16H,17-20H2;1-16H,17-20H2. The van der Waals surface area contributed by atoms with Gasteiger partial charge in [0, 0.05) is 81.0 Å². The van der Waals surface area contributed by atoms with E-state index in [1.165, 1.54) is 32.3 Å². The van der Waals surface area contributed by atoms with Gasteiger partial charge in [0.1, 0.15) is 23.0 Å². The molecule has 0 bridgehead atoms. The molecule has 340 valence electrons. The first-order valence-electron chi connectivity index (χ1n) is 22.6. The number of sulfone groups is 1. The molecule has 8 aromatic carbocycles. The van der Waals surface area contributed by atoms with Gasteiger partial charge in [0.15, 0.2) is 26.9 Å². The number of rotatable bonds is 8. The maximum absolute atomic E-state index is 13.6. The van der Waals surface area contributed by atoms with Crippen molar-refractivity contribution in [1.29, 1.82) is 0 Å². The van der Waals surface area contributed by atoms with E-state index in [1.807, 2.05) is 72.8 Å². The molecule has 0 amide bonds. The van der Waals surface area contributed by atoms with Crippen molar-refractivity contribution in [2.24, 2.45) is 0 Å². The van der Waals surface area contributed by atoms with Gasteiger partial charge < -0.3 is 38.5 Å². The van der Waals surface area contributed by atoms with Gasteiger partial charge in [-0.25, -0.2) is 8.42 Å². The van der Waals surface area contributed by atoms with Crippen LogP contribution in [0, 0.1) is 0 Å². The molecule has 0 N–H and O–H groups in total. The minimum Gasteiger partial charge on any atom is -0.473 e. The smallest absolute Gasteiger partial charge is 0.206 e. The second-order valence-corrected chi connectivity index (χ2v) is 20.0. The van der Waals surface area contributed by atoms with Gasteiger partial charge in [0.25, 0.3) is 0 Å². The molecule has 0 radical (unpaired) electrons. The Hall–Kier alpha value is -7.54. The summed E-state index contributed by atoms with van der Waals surface area (Å²) in [6.45, 7) is 4.84. The largest absolute Gasteiger partial charge is 0.473 e. The van der Waals surface area contributed by atoms with E-state index in [0.717, 1.165) is 47.1 Å². The third kappa shape index (κ3) is 9.25. The van der Waals surface area contributed by atoms with Crippen LogP contribution in [0.4, 0.5) is 22.7 Å². The average molecular weight is 937 g/mol. The molecule has 0 saturated carbocycles. The van der Waals surface area contributed by atoms with Crippen LogP contribution >= 0.6 is 11.8 Å². The number of nitrogens with zero attached hydrogens (tertiary/aromatic N) is 4. The van der Waals surface area contributed by atoms with E-state index in [4.69, 9.17) is 18.9 Å². The summed E-state index contributed by atoms with van der Waals surface area (Å²) in [5.41, 5.74) is 8.54. The summed E-state index contributed by atoms with van der Waals surface area (Å²) in [6.07, 6.45) is 0. The van der Waals surface area contributed by atoms with E-state index in [1.54, 1.807) is 48.2 Å². The normalized spacial score (nSPS) is 14.8. The maximum atomic E-state index is 13.6. The number of anilines is 4. The van der Waals surface area contributed by atoms with E-state index in [9.17, 15) is 8.42 Å². The van der Waals surface area contributed by atoms with E-state index < -0.39 is 9.84 Å². The quantitative estimate of drug-likeness (QED) is 0.146. The summed E-state index contributed by atoms with van der Waals surface area (Å²) in [6, 6.07) is 64.0. The molecule has 0 aromatic heterocycles. The Bertz CT molecular complexity index is 2960. The Morgan fingerprint density at radius 2 is 0.618 bits per heavy atom. The molecule has 8 aromatic rings. The van der Waals surface area contributed by atoms with Crippen molar-refractivity contribution in [1.82, 2.24) is 0 Å². The zero-order valence-corrected chi connectivity index (χ0v) is 38.8. The molecule has 4 aliphatic rings. The molecule has 4 aliphatic heterocycles. The molecule has 12 rings (SSSR count). The van der Waals surface area contributed by atoms with Crippen LogP contribution in [-0.2, 0) is 36.0 Å². The predicted molar refractivity (Wildman–Crippen MR) is 268 cm³/mol. The van der Waals surface area contributed by atoms with Crippen LogP contribution in [0.15, 0.2) is 214 Å². The molecule has 0 saturated heterocycles. The summed E-state index contributed by atoms with van der Waals surface area (Å²) < 4.78 is 51.0. The van der Waals surface area contributed by atoms with E-state index >= 15 is 0 Å². The van der Waals surface area contributed by atoms with Crippen LogP contribution in [-0.4, -0.2) is 35.3 Å². The second kappa shape index (κ2) is 19.0. The minimum absolute atomic E-state index is 0.256. The van der Waals surface area contributed by atoms with Crippen molar-refractivity contribution >= 4 is 44.3 Å². The highest BCUT2D eigenvalue weighted by Crippen LogP contribution is 2.39. The lowest BCUT2D eigenvalue weighted by Crippen LogP contribution is -2.32. The summed E-state index contributed by atoms with van der Waals surface area (Å²) in [7, 11) is -3.72. The molecule has 4 heterocycles. The number of ether oxygens (including phenoxy) is 4. The molecule has 0 atom stereocenters. The van der Waals surface area contributed by atoms with Crippen molar-refractivity contribution in [3.8, 4) is 23.0 Å². The van der Waals surface area contributed by atoms with Gasteiger partial charge in [-0.15, -0.1) is 0 Å². The molecular weight excluding hydrogens is 889 g/mol. The van der Waals surface area contributed by atoms with Gasteiger partial charge in [-0.3, -0.25) is 0 Å². The first-order chi connectivity index (χ1) is 33.4. The lowest BCUT2D eigenvalue weighted by molar-refractivity contribution is 0.289.